The normalized spacial score (nSPS) is 10.2. The molecule has 0 radical (unpaired) electrons. The molecule has 0 amide bonds. The second kappa shape index (κ2) is 6.25. The molecule has 0 aliphatic rings. The van der Waals surface area contributed by atoms with Gasteiger partial charge in [0.25, 0.3) is 0 Å². The molecule has 0 saturated carbocycles. The summed E-state index contributed by atoms with van der Waals surface area (Å²) in [5, 5.41) is 0.792. The van der Waals surface area contributed by atoms with Gasteiger partial charge in [0.2, 0.25) is 0 Å². The third-order valence-corrected chi connectivity index (χ3v) is 2.95. The SMILES string of the molecule is Cc1cccc(OCCSc2ncccn2)c1. The minimum Gasteiger partial charge on any atom is -0.493 e. The molecular weight excluding hydrogens is 232 g/mol. The summed E-state index contributed by atoms with van der Waals surface area (Å²) >= 11 is 1.60. The van der Waals surface area contributed by atoms with Crippen molar-refractivity contribution in [3.05, 3.63) is 48.3 Å². The van der Waals surface area contributed by atoms with Gasteiger partial charge in [-0.25, -0.2) is 9.97 Å². The topological polar surface area (TPSA) is 35.0 Å². The molecule has 4 heteroatoms. The van der Waals surface area contributed by atoms with Crippen molar-refractivity contribution in [1.29, 1.82) is 0 Å². The molecule has 2 aromatic rings. The quantitative estimate of drug-likeness (QED) is 0.461. The lowest BCUT2D eigenvalue weighted by Gasteiger charge is -2.05. The zero-order valence-electron chi connectivity index (χ0n) is 9.67. The second-order valence-corrected chi connectivity index (χ2v) is 4.61. The van der Waals surface area contributed by atoms with Crippen LogP contribution in [0.2, 0.25) is 0 Å². The van der Waals surface area contributed by atoms with Crippen LogP contribution >= 0.6 is 11.8 Å². The van der Waals surface area contributed by atoms with Crippen molar-refractivity contribution < 1.29 is 4.74 Å². The van der Waals surface area contributed by atoms with Crippen LogP contribution in [0, 0.1) is 6.92 Å². The molecule has 1 heterocycles. The van der Waals surface area contributed by atoms with E-state index in [2.05, 4.69) is 23.0 Å². The van der Waals surface area contributed by atoms with E-state index >= 15 is 0 Å². The lowest BCUT2D eigenvalue weighted by atomic mass is 10.2. The Bertz CT molecular complexity index is 462. The third-order valence-electron chi connectivity index (χ3n) is 2.11. The maximum absolute atomic E-state index is 5.63. The summed E-state index contributed by atoms with van der Waals surface area (Å²) in [6.07, 6.45) is 3.49. The summed E-state index contributed by atoms with van der Waals surface area (Å²) in [4.78, 5) is 8.27. The number of benzene rings is 1. The van der Waals surface area contributed by atoms with Gasteiger partial charge in [-0.15, -0.1) is 0 Å². The van der Waals surface area contributed by atoms with E-state index in [1.54, 1.807) is 24.2 Å². The number of rotatable bonds is 5. The highest BCUT2D eigenvalue weighted by molar-refractivity contribution is 7.99. The number of thioether (sulfide) groups is 1. The molecule has 88 valence electrons. The van der Waals surface area contributed by atoms with Crippen LogP contribution in [-0.2, 0) is 0 Å². The average Bonchev–Trinajstić information content (AvgIpc) is 2.36. The molecular formula is C13H14N2OS. The van der Waals surface area contributed by atoms with Crippen molar-refractivity contribution >= 4 is 11.8 Å². The van der Waals surface area contributed by atoms with Gasteiger partial charge in [0.05, 0.1) is 6.61 Å². The summed E-state index contributed by atoms with van der Waals surface area (Å²) in [7, 11) is 0. The van der Waals surface area contributed by atoms with Crippen molar-refractivity contribution in [3.63, 3.8) is 0 Å². The number of nitrogens with zero attached hydrogens (tertiary/aromatic N) is 2. The van der Waals surface area contributed by atoms with Crippen molar-refractivity contribution in [1.82, 2.24) is 9.97 Å². The molecule has 0 N–H and O–H groups in total. The van der Waals surface area contributed by atoms with E-state index in [-0.39, 0.29) is 0 Å². The van der Waals surface area contributed by atoms with E-state index in [4.69, 9.17) is 4.74 Å². The zero-order chi connectivity index (χ0) is 11.9. The molecule has 0 bridgehead atoms. The Kier molecular flexibility index (Phi) is 4.38. The van der Waals surface area contributed by atoms with Crippen molar-refractivity contribution in [2.75, 3.05) is 12.4 Å². The van der Waals surface area contributed by atoms with Gasteiger partial charge < -0.3 is 4.74 Å². The summed E-state index contributed by atoms with van der Waals surface area (Å²) in [5.41, 5.74) is 1.21. The van der Waals surface area contributed by atoms with Crippen LogP contribution in [-0.4, -0.2) is 22.3 Å². The smallest absolute Gasteiger partial charge is 0.187 e. The second-order valence-electron chi connectivity index (χ2n) is 3.54. The van der Waals surface area contributed by atoms with Crippen LogP contribution in [0.25, 0.3) is 0 Å². The standard InChI is InChI=1S/C13H14N2OS/c1-11-4-2-5-12(10-11)16-8-9-17-13-14-6-3-7-15-13/h2-7,10H,8-9H2,1H3. The Morgan fingerprint density at radius 2 is 2.00 bits per heavy atom. The lowest BCUT2D eigenvalue weighted by Crippen LogP contribution is -2.00. The van der Waals surface area contributed by atoms with E-state index in [0.29, 0.717) is 6.61 Å². The highest BCUT2D eigenvalue weighted by Gasteiger charge is 1.97. The van der Waals surface area contributed by atoms with Gasteiger partial charge in [0.15, 0.2) is 5.16 Å². The summed E-state index contributed by atoms with van der Waals surface area (Å²) in [5.74, 6) is 1.76. The minimum absolute atomic E-state index is 0.659. The molecule has 0 aliphatic heterocycles. The summed E-state index contributed by atoms with van der Waals surface area (Å²) in [6, 6.07) is 9.87. The van der Waals surface area contributed by atoms with Crippen LogP contribution in [0.15, 0.2) is 47.9 Å². The number of hydrogen-bond acceptors (Lipinski definition) is 4. The molecule has 1 aromatic carbocycles. The van der Waals surface area contributed by atoms with Crippen LogP contribution < -0.4 is 4.74 Å². The fourth-order valence-electron chi connectivity index (χ4n) is 1.36. The first-order valence-corrected chi connectivity index (χ1v) is 6.42. The Morgan fingerprint density at radius 1 is 1.18 bits per heavy atom. The first kappa shape index (κ1) is 11.9. The molecule has 17 heavy (non-hydrogen) atoms. The van der Waals surface area contributed by atoms with Gasteiger partial charge in [-0.1, -0.05) is 23.9 Å². The molecule has 0 atom stereocenters. The van der Waals surface area contributed by atoms with E-state index < -0.39 is 0 Å². The molecule has 0 spiro atoms. The largest absolute Gasteiger partial charge is 0.493 e. The first-order valence-electron chi connectivity index (χ1n) is 5.44. The summed E-state index contributed by atoms with van der Waals surface area (Å²) in [6.45, 7) is 2.71. The highest BCUT2D eigenvalue weighted by atomic mass is 32.2. The van der Waals surface area contributed by atoms with Gasteiger partial charge in [-0.3, -0.25) is 0 Å². The number of aryl methyl sites for hydroxylation is 1. The number of aromatic nitrogens is 2. The summed E-state index contributed by atoms with van der Waals surface area (Å²) < 4.78 is 5.63. The molecule has 0 unspecified atom stereocenters. The van der Waals surface area contributed by atoms with Crippen LogP contribution in [0.3, 0.4) is 0 Å². The average molecular weight is 246 g/mol. The Hall–Kier alpha value is -1.55. The minimum atomic E-state index is 0.659. The number of ether oxygens (including phenoxy) is 1. The lowest BCUT2D eigenvalue weighted by molar-refractivity contribution is 0.343. The van der Waals surface area contributed by atoms with Gasteiger partial charge in [-0.2, -0.15) is 0 Å². The van der Waals surface area contributed by atoms with Crippen LogP contribution in [0.5, 0.6) is 5.75 Å². The van der Waals surface area contributed by atoms with Crippen molar-refractivity contribution in [3.8, 4) is 5.75 Å². The zero-order valence-corrected chi connectivity index (χ0v) is 10.5. The third kappa shape index (κ3) is 4.07. The van der Waals surface area contributed by atoms with Gasteiger partial charge in [-0.05, 0) is 30.7 Å². The van der Waals surface area contributed by atoms with Gasteiger partial charge in [0, 0.05) is 18.1 Å². The fourth-order valence-corrected chi connectivity index (χ4v) is 1.98. The maximum atomic E-state index is 5.63. The monoisotopic (exact) mass is 246 g/mol. The predicted molar refractivity (Wildman–Crippen MR) is 69.4 cm³/mol. The maximum Gasteiger partial charge on any atom is 0.187 e. The van der Waals surface area contributed by atoms with E-state index in [0.717, 1.165) is 16.7 Å². The fraction of sp³-hybridized carbons (Fsp3) is 0.231. The van der Waals surface area contributed by atoms with E-state index in [9.17, 15) is 0 Å². The van der Waals surface area contributed by atoms with E-state index in [1.807, 2.05) is 24.3 Å². The molecule has 0 aliphatic carbocycles. The molecule has 0 fully saturated rings. The number of hydrogen-bond donors (Lipinski definition) is 0. The van der Waals surface area contributed by atoms with Crippen LogP contribution in [0.1, 0.15) is 5.56 Å². The Labute approximate surface area is 105 Å². The highest BCUT2D eigenvalue weighted by Crippen LogP contribution is 2.14. The first-order chi connectivity index (χ1) is 8.34. The van der Waals surface area contributed by atoms with Crippen molar-refractivity contribution in [2.45, 2.75) is 12.1 Å². The molecule has 2 rings (SSSR count). The predicted octanol–water partition coefficient (Wildman–Crippen LogP) is 2.96. The Balaban J connectivity index is 1.73. The van der Waals surface area contributed by atoms with E-state index in [1.165, 1.54) is 5.56 Å². The molecule has 3 nitrogen and oxygen atoms in total. The van der Waals surface area contributed by atoms with Gasteiger partial charge >= 0.3 is 0 Å². The molecule has 1 aromatic heterocycles. The van der Waals surface area contributed by atoms with Crippen LogP contribution in [0.4, 0.5) is 0 Å². The van der Waals surface area contributed by atoms with Gasteiger partial charge in [0.1, 0.15) is 5.75 Å². The molecule has 0 saturated heterocycles. The van der Waals surface area contributed by atoms with Crippen molar-refractivity contribution in [2.24, 2.45) is 0 Å². The Morgan fingerprint density at radius 3 is 2.76 bits per heavy atom.